The molecule has 0 radical (unpaired) electrons. The van der Waals surface area contributed by atoms with E-state index in [1.807, 2.05) is 0 Å². The van der Waals surface area contributed by atoms with Crippen molar-refractivity contribution < 1.29 is 13.6 Å². The predicted molar refractivity (Wildman–Crippen MR) is 71.1 cm³/mol. The van der Waals surface area contributed by atoms with Crippen molar-refractivity contribution in [2.75, 3.05) is 5.73 Å². The van der Waals surface area contributed by atoms with Gasteiger partial charge in [-0.3, -0.25) is 14.2 Å². The van der Waals surface area contributed by atoms with Gasteiger partial charge < -0.3 is 10.3 Å². The van der Waals surface area contributed by atoms with E-state index in [9.17, 15) is 23.2 Å². The zero-order valence-electron chi connectivity index (χ0n) is 11.2. The van der Waals surface area contributed by atoms with E-state index in [-0.39, 0.29) is 16.8 Å². The first-order valence-electron chi connectivity index (χ1n) is 5.80. The molecule has 1 aromatic heterocycles. The Morgan fingerprint density at radius 1 is 1.10 bits per heavy atom. The molecule has 110 valence electrons. The summed E-state index contributed by atoms with van der Waals surface area (Å²) in [5.41, 5.74) is 3.02. The van der Waals surface area contributed by atoms with Crippen molar-refractivity contribution in [3.05, 3.63) is 61.9 Å². The summed E-state index contributed by atoms with van der Waals surface area (Å²) in [6, 6.07) is 1.28. The van der Waals surface area contributed by atoms with E-state index < -0.39 is 28.7 Å². The van der Waals surface area contributed by atoms with Gasteiger partial charge in [0.2, 0.25) is 5.78 Å². The normalized spacial score (nSPS) is 10.7. The summed E-state index contributed by atoms with van der Waals surface area (Å²) in [7, 11) is 2.56. The minimum atomic E-state index is -1.26. The lowest BCUT2D eigenvalue weighted by atomic mass is 10.0. The molecule has 0 atom stereocenters. The highest BCUT2D eigenvalue weighted by Crippen LogP contribution is 2.19. The number of aromatic nitrogens is 2. The molecule has 8 heteroatoms. The molecule has 1 aromatic carbocycles. The van der Waals surface area contributed by atoms with Gasteiger partial charge in [0, 0.05) is 37.6 Å². The summed E-state index contributed by atoms with van der Waals surface area (Å²) < 4.78 is 28.0. The van der Waals surface area contributed by atoms with Crippen LogP contribution in [0.4, 0.5) is 14.5 Å². The smallest absolute Gasteiger partial charge is 0.330 e. The Morgan fingerprint density at radius 3 is 2.29 bits per heavy atom. The molecule has 0 aliphatic rings. The van der Waals surface area contributed by atoms with E-state index in [1.165, 1.54) is 14.1 Å². The van der Waals surface area contributed by atoms with Crippen molar-refractivity contribution in [3.8, 4) is 0 Å². The van der Waals surface area contributed by atoms with E-state index in [1.54, 1.807) is 0 Å². The van der Waals surface area contributed by atoms with Crippen molar-refractivity contribution in [1.82, 2.24) is 9.13 Å². The number of nitrogens with zero attached hydrogens (tertiary/aromatic N) is 2. The average Bonchev–Trinajstić information content (AvgIpc) is 2.43. The van der Waals surface area contributed by atoms with Gasteiger partial charge in [0.15, 0.2) is 11.6 Å². The van der Waals surface area contributed by atoms with E-state index in [2.05, 4.69) is 0 Å². The zero-order chi connectivity index (χ0) is 15.9. The fourth-order valence-electron chi connectivity index (χ4n) is 1.87. The van der Waals surface area contributed by atoms with E-state index in [0.717, 1.165) is 15.3 Å². The number of ketones is 1. The van der Waals surface area contributed by atoms with Crippen LogP contribution in [0.15, 0.2) is 27.9 Å². The molecule has 0 saturated carbocycles. The van der Waals surface area contributed by atoms with E-state index in [4.69, 9.17) is 5.73 Å². The van der Waals surface area contributed by atoms with E-state index >= 15 is 0 Å². The molecule has 0 fully saturated rings. The number of hydrogen-bond acceptors (Lipinski definition) is 4. The van der Waals surface area contributed by atoms with Crippen LogP contribution in [-0.2, 0) is 14.1 Å². The maximum Gasteiger partial charge on any atom is 0.330 e. The van der Waals surface area contributed by atoms with Crippen molar-refractivity contribution >= 4 is 11.5 Å². The van der Waals surface area contributed by atoms with Crippen molar-refractivity contribution in [2.24, 2.45) is 14.1 Å². The Kier molecular flexibility index (Phi) is 3.46. The van der Waals surface area contributed by atoms with Crippen LogP contribution in [0.1, 0.15) is 15.9 Å². The SMILES string of the molecule is Cn1cc(C(=O)c2cc(F)c(F)cc2N)c(=O)n(C)c1=O. The lowest BCUT2D eigenvalue weighted by Gasteiger charge is -2.08. The third-order valence-electron chi connectivity index (χ3n) is 3.03. The molecule has 2 N–H and O–H groups in total. The Hall–Kier alpha value is -2.77. The van der Waals surface area contributed by atoms with Gasteiger partial charge in [-0.15, -0.1) is 0 Å². The number of anilines is 1. The Balaban J connectivity index is 2.70. The van der Waals surface area contributed by atoms with E-state index in [0.29, 0.717) is 12.1 Å². The van der Waals surface area contributed by atoms with Gasteiger partial charge in [0.05, 0.1) is 0 Å². The van der Waals surface area contributed by atoms with Gasteiger partial charge in [-0.05, 0) is 6.07 Å². The summed E-state index contributed by atoms with van der Waals surface area (Å²) in [4.78, 5) is 35.8. The fourth-order valence-corrected chi connectivity index (χ4v) is 1.87. The molecule has 2 aromatic rings. The molecule has 0 amide bonds. The number of rotatable bonds is 2. The molecule has 0 unspecified atom stereocenters. The average molecular weight is 295 g/mol. The number of carbonyl (C=O) groups excluding carboxylic acids is 1. The monoisotopic (exact) mass is 295 g/mol. The van der Waals surface area contributed by atoms with Crippen LogP contribution in [0.25, 0.3) is 0 Å². The van der Waals surface area contributed by atoms with Crippen molar-refractivity contribution in [1.29, 1.82) is 0 Å². The predicted octanol–water partition coefficient (Wildman–Crippen LogP) is 0.175. The number of halogens is 2. The second-order valence-electron chi connectivity index (χ2n) is 4.48. The van der Waals surface area contributed by atoms with Gasteiger partial charge in [-0.25, -0.2) is 13.6 Å². The van der Waals surface area contributed by atoms with Gasteiger partial charge >= 0.3 is 5.69 Å². The van der Waals surface area contributed by atoms with Crippen molar-refractivity contribution in [3.63, 3.8) is 0 Å². The molecule has 0 saturated heterocycles. The maximum atomic E-state index is 13.2. The number of carbonyl (C=O) groups is 1. The third kappa shape index (κ3) is 2.35. The van der Waals surface area contributed by atoms with Gasteiger partial charge in [-0.2, -0.15) is 0 Å². The largest absolute Gasteiger partial charge is 0.398 e. The van der Waals surface area contributed by atoms with Crippen LogP contribution in [0, 0.1) is 11.6 Å². The zero-order valence-corrected chi connectivity index (χ0v) is 11.2. The molecule has 0 aliphatic carbocycles. The fraction of sp³-hybridized carbons (Fsp3) is 0.154. The Labute approximate surface area is 117 Å². The molecule has 0 aliphatic heterocycles. The van der Waals surface area contributed by atoms with Crippen LogP contribution in [0.5, 0.6) is 0 Å². The molecule has 0 spiro atoms. The van der Waals surface area contributed by atoms with Gasteiger partial charge in [0.1, 0.15) is 5.56 Å². The van der Waals surface area contributed by atoms with Crippen LogP contribution in [0.2, 0.25) is 0 Å². The first-order chi connectivity index (χ1) is 9.73. The molecule has 1 heterocycles. The topological polar surface area (TPSA) is 87.1 Å². The summed E-state index contributed by atoms with van der Waals surface area (Å²) in [6.45, 7) is 0. The summed E-state index contributed by atoms with van der Waals surface area (Å²) >= 11 is 0. The standard InChI is InChI=1S/C13H11F2N3O3/c1-17-5-7(12(20)18(2)13(17)21)11(19)6-3-8(14)9(15)4-10(6)16/h3-5H,16H2,1-2H3. The number of nitrogen functional groups attached to an aromatic ring is 1. The second kappa shape index (κ2) is 4.97. The van der Waals surface area contributed by atoms with Crippen LogP contribution >= 0.6 is 0 Å². The molecule has 21 heavy (non-hydrogen) atoms. The highest BCUT2D eigenvalue weighted by molar-refractivity contribution is 6.11. The number of benzene rings is 1. The first kappa shape index (κ1) is 14.6. The molecule has 6 nitrogen and oxygen atoms in total. The van der Waals surface area contributed by atoms with Gasteiger partial charge in [0.25, 0.3) is 5.56 Å². The lowest BCUT2D eigenvalue weighted by molar-refractivity contribution is 0.103. The van der Waals surface area contributed by atoms with Gasteiger partial charge in [-0.1, -0.05) is 0 Å². The highest BCUT2D eigenvalue weighted by atomic mass is 19.2. The lowest BCUT2D eigenvalue weighted by Crippen LogP contribution is -2.39. The number of aryl methyl sites for hydroxylation is 1. The summed E-state index contributed by atoms with van der Waals surface area (Å²) in [5, 5.41) is 0. The Morgan fingerprint density at radius 2 is 1.67 bits per heavy atom. The molecule has 2 rings (SSSR count). The van der Waals surface area contributed by atoms with Crippen LogP contribution in [-0.4, -0.2) is 14.9 Å². The molecule has 0 bridgehead atoms. The summed E-state index contributed by atoms with van der Waals surface area (Å²) in [5.74, 6) is -3.34. The number of hydrogen-bond donors (Lipinski definition) is 1. The maximum absolute atomic E-state index is 13.2. The minimum Gasteiger partial charge on any atom is -0.398 e. The van der Waals surface area contributed by atoms with Crippen LogP contribution < -0.4 is 17.0 Å². The second-order valence-corrected chi connectivity index (χ2v) is 4.48. The first-order valence-corrected chi connectivity index (χ1v) is 5.80. The molecular weight excluding hydrogens is 284 g/mol. The summed E-state index contributed by atoms with van der Waals surface area (Å²) in [6.07, 6.45) is 1.04. The third-order valence-corrected chi connectivity index (χ3v) is 3.03. The van der Waals surface area contributed by atoms with Crippen molar-refractivity contribution in [2.45, 2.75) is 0 Å². The number of nitrogens with two attached hydrogens (primary N) is 1. The van der Waals surface area contributed by atoms with Crippen LogP contribution in [0.3, 0.4) is 0 Å². The highest BCUT2D eigenvalue weighted by Gasteiger charge is 2.20. The molecular formula is C13H11F2N3O3. The Bertz CT molecular complexity index is 868. The minimum absolute atomic E-state index is 0.296. The quantitative estimate of drug-likeness (QED) is 0.632.